The third kappa shape index (κ3) is 3.22. The highest BCUT2D eigenvalue weighted by Gasteiger charge is 2.14. The van der Waals surface area contributed by atoms with E-state index in [1.165, 1.54) is 0 Å². The zero-order chi connectivity index (χ0) is 16.4. The Morgan fingerprint density at radius 1 is 1.30 bits per heavy atom. The van der Waals surface area contributed by atoms with Crippen LogP contribution in [0.2, 0.25) is 0 Å². The Morgan fingerprint density at radius 3 is 2.70 bits per heavy atom. The van der Waals surface area contributed by atoms with Crippen molar-refractivity contribution >= 4 is 23.0 Å². The molecule has 0 aliphatic carbocycles. The molecule has 4 nitrogen and oxygen atoms in total. The molecule has 0 saturated carbocycles. The molecule has 0 radical (unpaired) electrons. The monoisotopic (exact) mass is 328 g/mol. The molecule has 1 aromatic carbocycles. The van der Waals surface area contributed by atoms with E-state index in [4.69, 9.17) is 16.3 Å². The summed E-state index contributed by atoms with van der Waals surface area (Å²) in [6, 6.07) is 10.9. The van der Waals surface area contributed by atoms with Crippen LogP contribution in [0.3, 0.4) is 0 Å². The first-order chi connectivity index (χ1) is 11.1. The van der Waals surface area contributed by atoms with E-state index < -0.39 is 0 Å². The summed E-state index contributed by atoms with van der Waals surface area (Å²) in [5.41, 5.74) is 2.46. The van der Waals surface area contributed by atoms with Crippen LogP contribution in [-0.4, -0.2) is 20.7 Å². The summed E-state index contributed by atoms with van der Waals surface area (Å²) in [5, 5.41) is 0. The molecule has 1 atom stereocenters. The van der Waals surface area contributed by atoms with Crippen LogP contribution in [0.25, 0.3) is 5.65 Å². The first kappa shape index (κ1) is 15.6. The lowest BCUT2D eigenvalue weighted by molar-refractivity contribution is 0.103. The number of ketones is 1. The Bertz CT molecular complexity index is 840. The van der Waals surface area contributed by atoms with Gasteiger partial charge in [-0.2, -0.15) is 0 Å². The molecule has 2 aromatic heterocycles. The van der Waals surface area contributed by atoms with Crippen molar-refractivity contribution in [2.24, 2.45) is 0 Å². The average molecular weight is 329 g/mol. The molecule has 118 valence electrons. The highest BCUT2D eigenvalue weighted by Crippen LogP contribution is 2.19. The Kier molecular flexibility index (Phi) is 4.35. The van der Waals surface area contributed by atoms with E-state index >= 15 is 0 Å². The second kappa shape index (κ2) is 6.42. The number of aromatic nitrogens is 2. The van der Waals surface area contributed by atoms with Crippen LogP contribution in [-0.2, 0) is 0 Å². The highest BCUT2D eigenvalue weighted by molar-refractivity contribution is 6.19. The lowest BCUT2D eigenvalue weighted by Crippen LogP contribution is -2.07. The predicted molar refractivity (Wildman–Crippen MR) is 90.4 cm³/mol. The minimum Gasteiger partial charge on any atom is -0.475 e. The standard InChI is InChI=1S/C18H17ClN2O2/c1-3-16(19)23-14-8-6-13(7-9-14)17(22)15-11-21-10-4-5-12(2)18(21)20-15/h4-11,16H,3H2,1-2H3. The largest absolute Gasteiger partial charge is 0.475 e. The predicted octanol–water partition coefficient (Wildman–Crippen LogP) is 4.23. The molecule has 0 bridgehead atoms. The molecule has 3 rings (SSSR count). The van der Waals surface area contributed by atoms with Gasteiger partial charge in [0.1, 0.15) is 17.1 Å². The molecule has 2 heterocycles. The van der Waals surface area contributed by atoms with E-state index in [2.05, 4.69) is 4.98 Å². The third-order valence-electron chi connectivity index (χ3n) is 3.61. The van der Waals surface area contributed by atoms with Gasteiger partial charge < -0.3 is 9.14 Å². The van der Waals surface area contributed by atoms with E-state index in [1.807, 2.05) is 36.6 Å². The number of carbonyl (C=O) groups is 1. The molecule has 0 aliphatic heterocycles. The van der Waals surface area contributed by atoms with Crippen LogP contribution in [0.1, 0.15) is 35.0 Å². The number of carbonyl (C=O) groups excluding carboxylic acids is 1. The molecule has 3 aromatic rings. The van der Waals surface area contributed by atoms with Crippen molar-refractivity contribution in [1.82, 2.24) is 9.38 Å². The molecular formula is C18H17ClN2O2. The number of pyridine rings is 1. The quantitative estimate of drug-likeness (QED) is 0.520. The molecule has 0 saturated heterocycles. The molecule has 0 fully saturated rings. The minimum absolute atomic E-state index is 0.113. The Labute approximate surface area is 139 Å². The van der Waals surface area contributed by atoms with Crippen molar-refractivity contribution in [3.63, 3.8) is 0 Å². The van der Waals surface area contributed by atoms with Crippen molar-refractivity contribution in [2.45, 2.75) is 25.8 Å². The van der Waals surface area contributed by atoms with Gasteiger partial charge in [-0.25, -0.2) is 4.98 Å². The molecule has 0 aliphatic rings. The summed E-state index contributed by atoms with van der Waals surface area (Å²) in [7, 11) is 0. The van der Waals surface area contributed by atoms with E-state index in [-0.39, 0.29) is 11.3 Å². The number of benzene rings is 1. The second-order valence-corrected chi connectivity index (χ2v) is 5.82. The highest BCUT2D eigenvalue weighted by atomic mass is 35.5. The van der Waals surface area contributed by atoms with Gasteiger partial charge in [-0.3, -0.25) is 4.79 Å². The zero-order valence-electron chi connectivity index (χ0n) is 13.0. The molecule has 0 amide bonds. The molecular weight excluding hydrogens is 312 g/mol. The van der Waals surface area contributed by atoms with Crippen molar-refractivity contribution in [3.8, 4) is 5.75 Å². The van der Waals surface area contributed by atoms with Gasteiger partial charge in [0, 0.05) is 18.0 Å². The summed E-state index contributed by atoms with van der Waals surface area (Å²) in [4.78, 5) is 17.0. The van der Waals surface area contributed by atoms with Crippen LogP contribution in [0.5, 0.6) is 5.75 Å². The lowest BCUT2D eigenvalue weighted by atomic mass is 10.1. The number of hydrogen-bond donors (Lipinski definition) is 0. The number of aryl methyl sites for hydroxylation is 1. The van der Waals surface area contributed by atoms with Gasteiger partial charge >= 0.3 is 0 Å². The van der Waals surface area contributed by atoms with Gasteiger partial charge in [-0.15, -0.1) is 0 Å². The van der Waals surface area contributed by atoms with Crippen molar-refractivity contribution < 1.29 is 9.53 Å². The first-order valence-corrected chi connectivity index (χ1v) is 7.92. The van der Waals surface area contributed by atoms with Gasteiger partial charge in [0.15, 0.2) is 5.56 Å². The van der Waals surface area contributed by atoms with Gasteiger partial charge in [0.2, 0.25) is 5.78 Å². The van der Waals surface area contributed by atoms with Crippen molar-refractivity contribution in [1.29, 1.82) is 0 Å². The maximum atomic E-state index is 12.6. The first-order valence-electron chi connectivity index (χ1n) is 7.48. The lowest BCUT2D eigenvalue weighted by Gasteiger charge is -2.10. The number of imidazole rings is 1. The van der Waals surface area contributed by atoms with Crippen LogP contribution < -0.4 is 4.74 Å². The minimum atomic E-state index is -0.363. The fourth-order valence-corrected chi connectivity index (χ4v) is 2.43. The van der Waals surface area contributed by atoms with E-state index in [9.17, 15) is 4.79 Å². The van der Waals surface area contributed by atoms with E-state index in [0.29, 0.717) is 23.4 Å². The maximum Gasteiger partial charge on any atom is 0.212 e. The summed E-state index contributed by atoms with van der Waals surface area (Å²) in [6.45, 7) is 3.92. The normalized spacial score (nSPS) is 12.3. The number of fused-ring (bicyclic) bond motifs is 1. The Hall–Kier alpha value is -2.33. The number of ether oxygens (including phenoxy) is 1. The number of nitrogens with zero attached hydrogens (tertiary/aromatic N) is 2. The average Bonchev–Trinajstić information content (AvgIpc) is 3.00. The second-order valence-electron chi connectivity index (χ2n) is 5.34. The number of rotatable bonds is 5. The smallest absolute Gasteiger partial charge is 0.212 e. The molecule has 5 heteroatoms. The number of alkyl halides is 1. The van der Waals surface area contributed by atoms with Crippen LogP contribution in [0.4, 0.5) is 0 Å². The SMILES string of the molecule is CCC(Cl)Oc1ccc(C(=O)c2cn3cccc(C)c3n2)cc1. The zero-order valence-corrected chi connectivity index (χ0v) is 13.7. The Balaban J connectivity index is 1.85. The van der Waals surface area contributed by atoms with Crippen LogP contribution >= 0.6 is 11.6 Å². The van der Waals surface area contributed by atoms with Gasteiger partial charge in [0.25, 0.3) is 0 Å². The van der Waals surface area contributed by atoms with E-state index in [0.717, 1.165) is 11.2 Å². The summed E-state index contributed by atoms with van der Waals surface area (Å²) >= 11 is 5.96. The van der Waals surface area contributed by atoms with Gasteiger partial charge in [0.05, 0.1) is 0 Å². The number of halogens is 1. The van der Waals surface area contributed by atoms with Gasteiger partial charge in [-0.05, 0) is 49.2 Å². The van der Waals surface area contributed by atoms with Crippen molar-refractivity contribution in [2.75, 3.05) is 0 Å². The molecule has 0 spiro atoms. The number of hydrogen-bond acceptors (Lipinski definition) is 3. The topological polar surface area (TPSA) is 43.6 Å². The van der Waals surface area contributed by atoms with Crippen LogP contribution in [0.15, 0.2) is 48.8 Å². The van der Waals surface area contributed by atoms with Gasteiger partial charge in [-0.1, -0.05) is 24.6 Å². The summed E-state index contributed by atoms with van der Waals surface area (Å²) in [6.07, 6.45) is 4.35. The fraction of sp³-hybridized carbons (Fsp3) is 0.222. The summed E-state index contributed by atoms with van der Waals surface area (Å²) < 4.78 is 7.36. The van der Waals surface area contributed by atoms with Crippen molar-refractivity contribution in [3.05, 3.63) is 65.6 Å². The fourth-order valence-electron chi connectivity index (χ4n) is 2.33. The maximum absolute atomic E-state index is 12.6. The summed E-state index contributed by atoms with van der Waals surface area (Å²) in [5.74, 6) is 0.534. The Morgan fingerprint density at radius 2 is 2.04 bits per heavy atom. The molecule has 23 heavy (non-hydrogen) atoms. The third-order valence-corrected chi connectivity index (χ3v) is 4.01. The molecule has 0 N–H and O–H groups in total. The van der Waals surface area contributed by atoms with Crippen LogP contribution in [0, 0.1) is 6.92 Å². The van der Waals surface area contributed by atoms with E-state index in [1.54, 1.807) is 30.5 Å². The molecule has 1 unspecified atom stereocenters.